The van der Waals surface area contributed by atoms with Crippen LogP contribution in [0.25, 0.3) is 0 Å². The van der Waals surface area contributed by atoms with Crippen molar-refractivity contribution in [2.45, 2.75) is 39.2 Å². The average Bonchev–Trinajstić information content (AvgIpc) is 3.38. The highest BCUT2D eigenvalue weighted by Crippen LogP contribution is 2.23. The lowest BCUT2D eigenvalue weighted by Crippen LogP contribution is -2.30. The van der Waals surface area contributed by atoms with Crippen LogP contribution >= 0.6 is 0 Å². The molecule has 0 spiro atoms. The minimum Gasteiger partial charge on any atom is -0.323 e. The quantitative estimate of drug-likeness (QED) is 0.342. The smallest absolute Gasteiger partial charge is 0.278 e. The molecule has 35 heavy (non-hydrogen) atoms. The first-order chi connectivity index (χ1) is 17.0. The highest BCUT2D eigenvalue weighted by Gasteiger charge is 2.34. The number of hydrogen-bond acceptors (Lipinski definition) is 5. The zero-order valence-corrected chi connectivity index (χ0v) is 19.5. The number of rotatable bonds is 10. The molecule has 4 rings (SSSR count). The van der Waals surface area contributed by atoms with E-state index in [4.69, 9.17) is 0 Å². The lowest BCUT2D eigenvalue weighted by Gasteiger charge is -2.13. The number of nitrogens with zero attached hydrogens (tertiary/aromatic N) is 3. The Balaban J connectivity index is 1.25. The SMILES string of the molecule is CCn1cc(NC(=O)CCCCCN2C(=O)c3ccccc3C2=O)c(C(=O)Nc2ccccc2)n1. The van der Waals surface area contributed by atoms with Gasteiger partial charge < -0.3 is 10.6 Å². The van der Waals surface area contributed by atoms with E-state index in [9.17, 15) is 19.2 Å². The predicted octanol–water partition coefficient (Wildman–Crippen LogP) is 3.95. The molecular formula is C26H27N5O4. The van der Waals surface area contributed by atoms with E-state index in [1.54, 1.807) is 47.3 Å². The molecule has 0 fully saturated rings. The van der Waals surface area contributed by atoms with Crippen LogP contribution in [0.1, 0.15) is 63.8 Å². The van der Waals surface area contributed by atoms with Crippen molar-refractivity contribution >= 4 is 35.0 Å². The molecule has 4 amide bonds. The van der Waals surface area contributed by atoms with Gasteiger partial charge in [0, 0.05) is 31.4 Å². The first-order valence-corrected chi connectivity index (χ1v) is 11.7. The van der Waals surface area contributed by atoms with Crippen molar-refractivity contribution in [2.24, 2.45) is 0 Å². The van der Waals surface area contributed by atoms with Gasteiger partial charge in [-0.1, -0.05) is 36.8 Å². The Morgan fingerprint density at radius 3 is 2.17 bits per heavy atom. The second kappa shape index (κ2) is 10.8. The number of nitrogens with one attached hydrogen (secondary N) is 2. The molecule has 9 nitrogen and oxygen atoms in total. The molecule has 2 heterocycles. The predicted molar refractivity (Wildman–Crippen MR) is 131 cm³/mol. The number of fused-ring (bicyclic) bond motifs is 1. The van der Waals surface area contributed by atoms with Crippen LogP contribution in [0.3, 0.4) is 0 Å². The molecule has 1 aliphatic heterocycles. The second-order valence-corrected chi connectivity index (χ2v) is 8.23. The van der Waals surface area contributed by atoms with Gasteiger partial charge in [0.1, 0.15) is 0 Å². The third-order valence-electron chi connectivity index (χ3n) is 5.77. The highest BCUT2D eigenvalue weighted by molar-refractivity contribution is 6.21. The van der Waals surface area contributed by atoms with E-state index in [0.29, 0.717) is 54.9 Å². The average molecular weight is 474 g/mol. The first kappa shape index (κ1) is 23.9. The third-order valence-corrected chi connectivity index (χ3v) is 5.77. The van der Waals surface area contributed by atoms with E-state index in [1.807, 2.05) is 25.1 Å². The summed E-state index contributed by atoms with van der Waals surface area (Å²) in [4.78, 5) is 51.3. The van der Waals surface area contributed by atoms with Crippen LogP contribution in [0, 0.1) is 0 Å². The zero-order valence-electron chi connectivity index (χ0n) is 19.5. The number of amides is 4. The minimum absolute atomic E-state index is 0.148. The van der Waals surface area contributed by atoms with Gasteiger partial charge in [-0.2, -0.15) is 5.10 Å². The van der Waals surface area contributed by atoms with E-state index in [0.717, 1.165) is 0 Å². The molecule has 2 aromatic carbocycles. The number of carbonyl (C=O) groups is 4. The minimum atomic E-state index is -0.403. The Labute approximate surface area is 203 Å². The zero-order chi connectivity index (χ0) is 24.8. The van der Waals surface area contributed by atoms with E-state index in [1.165, 1.54) is 4.90 Å². The van der Waals surface area contributed by atoms with Crippen LogP contribution in [-0.4, -0.2) is 44.9 Å². The number of imide groups is 1. The summed E-state index contributed by atoms with van der Waals surface area (Å²) < 4.78 is 1.59. The number of aryl methyl sites for hydroxylation is 1. The van der Waals surface area contributed by atoms with Crippen LogP contribution in [0.2, 0.25) is 0 Å². The molecule has 0 saturated heterocycles. The summed E-state index contributed by atoms with van der Waals surface area (Å²) in [6.45, 7) is 2.77. The number of aromatic nitrogens is 2. The van der Waals surface area contributed by atoms with Crippen LogP contribution in [-0.2, 0) is 11.3 Å². The number of unbranched alkanes of at least 4 members (excludes halogenated alkanes) is 2. The van der Waals surface area contributed by atoms with Crippen LogP contribution in [0.4, 0.5) is 11.4 Å². The van der Waals surface area contributed by atoms with Crippen molar-refractivity contribution in [3.8, 4) is 0 Å². The van der Waals surface area contributed by atoms with Gasteiger partial charge >= 0.3 is 0 Å². The fraction of sp³-hybridized carbons (Fsp3) is 0.269. The topological polar surface area (TPSA) is 113 Å². The summed E-state index contributed by atoms with van der Waals surface area (Å²) in [6, 6.07) is 15.8. The summed E-state index contributed by atoms with van der Waals surface area (Å²) in [6.07, 6.45) is 3.76. The second-order valence-electron chi connectivity index (χ2n) is 8.23. The molecule has 9 heteroatoms. The Morgan fingerprint density at radius 1 is 0.857 bits per heavy atom. The number of anilines is 2. The molecular weight excluding hydrogens is 446 g/mol. The van der Waals surface area contributed by atoms with Gasteiger partial charge in [-0.3, -0.25) is 28.8 Å². The maximum Gasteiger partial charge on any atom is 0.278 e. The van der Waals surface area contributed by atoms with Crippen LogP contribution < -0.4 is 10.6 Å². The fourth-order valence-corrected chi connectivity index (χ4v) is 3.94. The molecule has 0 saturated carbocycles. The van der Waals surface area contributed by atoms with Crippen molar-refractivity contribution in [1.82, 2.24) is 14.7 Å². The van der Waals surface area contributed by atoms with Gasteiger partial charge in [-0.15, -0.1) is 0 Å². The normalized spacial score (nSPS) is 12.5. The molecule has 0 aliphatic carbocycles. The molecule has 1 aliphatic rings. The van der Waals surface area contributed by atoms with Gasteiger partial charge in [0.2, 0.25) is 5.91 Å². The summed E-state index contributed by atoms with van der Waals surface area (Å²) in [7, 11) is 0. The summed E-state index contributed by atoms with van der Waals surface area (Å²) in [5, 5.41) is 9.86. The Kier molecular flexibility index (Phi) is 7.35. The molecule has 0 bridgehead atoms. The lowest BCUT2D eigenvalue weighted by atomic mass is 10.1. The Bertz CT molecular complexity index is 1220. The third kappa shape index (κ3) is 5.46. The van der Waals surface area contributed by atoms with Crippen molar-refractivity contribution in [2.75, 3.05) is 17.2 Å². The van der Waals surface area contributed by atoms with Crippen LogP contribution in [0.5, 0.6) is 0 Å². The summed E-state index contributed by atoms with van der Waals surface area (Å²) >= 11 is 0. The standard InChI is InChI=1S/C26H27N5O4/c1-2-30-17-21(23(29-30)24(33)27-18-11-5-3-6-12-18)28-22(32)15-7-4-10-16-31-25(34)19-13-8-9-14-20(19)26(31)35/h3,5-6,8-9,11-14,17H,2,4,7,10,15-16H2,1H3,(H,27,33)(H,28,32). The van der Waals surface area contributed by atoms with E-state index in [2.05, 4.69) is 15.7 Å². The van der Waals surface area contributed by atoms with E-state index >= 15 is 0 Å². The van der Waals surface area contributed by atoms with Gasteiger partial charge in [0.15, 0.2) is 5.69 Å². The number of para-hydroxylation sites is 1. The molecule has 2 N–H and O–H groups in total. The maximum atomic E-state index is 12.7. The summed E-state index contributed by atoms with van der Waals surface area (Å²) in [5.74, 6) is -1.16. The fourth-order valence-electron chi connectivity index (χ4n) is 3.94. The molecule has 0 unspecified atom stereocenters. The maximum absolute atomic E-state index is 12.7. The van der Waals surface area contributed by atoms with Gasteiger partial charge in [0.05, 0.1) is 16.8 Å². The number of carbonyl (C=O) groups excluding carboxylic acids is 4. The molecule has 3 aromatic rings. The van der Waals surface area contributed by atoms with Gasteiger partial charge in [-0.05, 0) is 44.0 Å². The monoisotopic (exact) mass is 473 g/mol. The van der Waals surface area contributed by atoms with Crippen molar-refractivity contribution in [3.63, 3.8) is 0 Å². The number of hydrogen-bond donors (Lipinski definition) is 2. The lowest BCUT2D eigenvalue weighted by molar-refractivity contribution is -0.116. The Morgan fingerprint density at radius 2 is 1.51 bits per heavy atom. The van der Waals surface area contributed by atoms with Crippen molar-refractivity contribution < 1.29 is 19.2 Å². The largest absolute Gasteiger partial charge is 0.323 e. The summed E-state index contributed by atoms with van der Waals surface area (Å²) in [5.41, 5.74) is 2.03. The molecule has 0 radical (unpaired) electrons. The van der Waals surface area contributed by atoms with Crippen molar-refractivity contribution in [1.29, 1.82) is 0 Å². The van der Waals surface area contributed by atoms with Crippen LogP contribution in [0.15, 0.2) is 60.8 Å². The molecule has 180 valence electrons. The van der Waals surface area contributed by atoms with Crippen molar-refractivity contribution in [3.05, 3.63) is 77.6 Å². The molecule has 1 aromatic heterocycles. The Hall–Kier alpha value is -4.27. The highest BCUT2D eigenvalue weighted by atomic mass is 16.2. The number of benzene rings is 2. The van der Waals surface area contributed by atoms with E-state index in [-0.39, 0.29) is 29.8 Å². The van der Waals surface area contributed by atoms with E-state index < -0.39 is 5.91 Å². The first-order valence-electron chi connectivity index (χ1n) is 11.7. The van der Waals surface area contributed by atoms with Gasteiger partial charge in [0.25, 0.3) is 17.7 Å². The molecule has 0 atom stereocenters. The van der Waals surface area contributed by atoms with Gasteiger partial charge in [-0.25, -0.2) is 0 Å².